The first-order chi connectivity index (χ1) is 30.0. The first-order valence-corrected chi connectivity index (χ1v) is 21.2. The molecular weight excluding hydrogens is 707 g/mol. The summed E-state index contributed by atoms with van der Waals surface area (Å²) < 4.78 is 47.3. The molecule has 0 radical (unpaired) electrons. The molecule has 0 atom stereocenters. The molecule has 0 unspecified atom stereocenters. The van der Waals surface area contributed by atoms with Crippen LogP contribution in [-0.2, 0) is 0 Å². The van der Waals surface area contributed by atoms with Crippen molar-refractivity contribution >= 4 is 67.8 Å². The van der Waals surface area contributed by atoms with E-state index in [0.717, 1.165) is 54.2 Å². The van der Waals surface area contributed by atoms with Crippen molar-refractivity contribution in [3.63, 3.8) is 0 Å². The maximum absolute atomic E-state index is 10.1. The maximum Gasteiger partial charge on any atom is 0.179 e. The minimum absolute atomic E-state index is 0.0757. The Morgan fingerprint density at radius 3 is 1.35 bits per heavy atom. The van der Waals surface area contributed by atoms with Crippen molar-refractivity contribution in [3.05, 3.63) is 236 Å². The van der Waals surface area contributed by atoms with Gasteiger partial charge in [-0.2, -0.15) is 0 Å². The number of benzene rings is 9. The minimum atomic E-state index is -3.47. The Morgan fingerprint density at radius 2 is 0.807 bits per heavy atom. The molecule has 0 aliphatic carbocycles. The number of nitrogens with zero attached hydrogens (tertiary/aromatic N) is 1. The molecule has 0 saturated heterocycles. The van der Waals surface area contributed by atoms with Gasteiger partial charge in [0.25, 0.3) is 0 Å². The van der Waals surface area contributed by atoms with Gasteiger partial charge in [0.1, 0.15) is 5.58 Å². The van der Waals surface area contributed by atoms with E-state index in [0.29, 0.717) is 22.1 Å². The van der Waals surface area contributed by atoms with Crippen molar-refractivity contribution in [2.75, 3.05) is 4.90 Å². The number of para-hydroxylation sites is 2. The van der Waals surface area contributed by atoms with E-state index in [1.165, 1.54) is 0 Å². The fourth-order valence-corrected chi connectivity index (χ4v) is 12.7. The smallest absolute Gasteiger partial charge is 0.179 e. The van der Waals surface area contributed by atoms with Gasteiger partial charge >= 0.3 is 0 Å². The normalized spacial score (nSPS) is 12.5. The van der Waals surface area contributed by atoms with Crippen LogP contribution >= 0.6 is 0 Å². The van der Waals surface area contributed by atoms with Gasteiger partial charge in [-0.3, -0.25) is 0 Å². The Hall–Kier alpha value is -7.20. The average Bonchev–Trinajstić information content (AvgIpc) is 3.72. The Bertz CT molecular complexity index is 3040. The second-order valence-corrected chi connectivity index (χ2v) is 17.9. The zero-order valence-electron chi connectivity index (χ0n) is 35.1. The molecule has 0 spiro atoms. The van der Waals surface area contributed by atoms with E-state index in [1.54, 1.807) is 0 Å². The van der Waals surface area contributed by atoms with Gasteiger partial charge in [-0.05, 0) is 67.7 Å². The Labute approximate surface area is 340 Å². The third-order valence-corrected chi connectivity index (χ3v) is 15.5. The van der Waals surface area contributed by atoms with Crippen LogP contribution in [0, 0.1) is 0 Å². The van der Waals surface area contributed by atoms with Crippen LogP contribution in [0.3, 0.4) is 0 Å². The van der Waals surface area contributed by atoms with Crippen LogP contribution in [-0.4, -0.2) is 8.07 Å². The predicted octanol–water partition coefficient (Wildman–Crippen LogP) is 11.8. The molecule has 0 aliphatic rings. The van der Waals surface area contributed by atoms with Gasteiger partial charge in [0.2, 0.25) is 0 Å². The van der Waals surface area contributed by atoms with Crippen LogP contribution in [0.1, 0.15) is 5.48 Å². The van der Waals surface area contributed by atoms with Gasteiger partial charge in [-0.1, -0.05) is 206 Å². The first-order valence-electron chi connectivity index (χ1n) is 21.2. The van der Waals surface area contributed by atoms with Crippen molar-refractivity contribution in [1.29, 1.82) is 0 Å². The number of furan rings is 1. The zero-order chi connectivity index (χ0) is 41.5. The van der Waals surface area contributed by atoms with Crippen LogP contribution < -0.4 is 25.6 Å². The molecule has 0 N–H and O–H groups in total. The summed E-state index contributed by atoms with van der Waals surface area (Å²) in [6.45, 7) is 0. The van der Waals surface area contributed by atoms with E-state index in [9.17, 15) is 5.48 Å². The van der Waals surface area contributed by atoms with Gasteiger partial charge in [0.05, 0.1) is 11.2 Å². The number of hydrogen-bond donors (Lipinski definition) is 0. The molecule has 0 amide bonds. The Kier molecular flexibility index (Phi) is 7.81. The van der Waals surface area contributed by atoms with Crippen LogP contribution in [0.4, 0.5) is 17.1 Å². The summed E-state index contributed by atoms with van der Waals surface area (Å²) in [7, 11) is -3.47. The molecule has 0 saturated carbocycles. The average molecular weight is 750 g/mol. The third kappa shape index (κ3) is 6.06. The van der Waals surface area contributed by atoms with Gasteiger partial charge in [0.15, 0.2) is 13.7 Å². The molecule has 1 aromatic heterocycles. The van der Waals surface area contributed by atoms with Crippen molar-refractivity contribution in [1.82, 2.24) is 0 Å². The summed E-state index contributed by atoms with van der Waals surface area (Å²) in [6.07, 6.45) is 0. The highest BCUT2D eigenvalue weighted by molar-refractivity contribution is 7.19. The van der Waals surface area contributed by atoms with Crippen LogP contribution in [0.15, 0.2) is 241 Å². The van der Waals surface area contributed by atoms with E-state index in [2.05, 4.69) is 72.8 Å². The van der Waals surface area contributed by atoms with Gasteiger partial charge in [0, 0.05) is 27.7 Å². The lowest BCUT2D eigenvalue weighted by molar-refractivity contribution is 0.670. The molecule has 2 nitrogen and oxygen atoms in total. The van der Waals surface area contributed by atoms with Crippen molar-refractivity contribution in [2.24, 2.45) is 0 Å². The summed E-state index contributed by atoms with van der Waals surface area (Å²) in [5.74, 6) is 0. The topological polar surface area (TPSA) is 16.4 Å². The molecule has 0 bridgehead atoms. The van der Waals surface area contributed by atoms with E-state index in [4.69, 9.17) is 4.42 Å². The monoisotopic (exact) mass is 749 g/mol. The number of fused-ring (bicyclic) bond motifs is 3. The lowest BCUT2D eigenvalue weighted by Crippen LogP contribution is -2.74. The Balaban J connectivity index is 1.27. The molecular formula is C54H39NOSi. The minimum Gasteiger partial charge on any atom is -0.453 e. The fourth-order valence-electron chi connectivity index (χ4n) is 8.25. The van der Waals surface area contributed by atoms with Crippen LogP contribution in [0.25, 0.3) is 44.2 Å². The van der Waals surface area contributed by atoms with Crippen molar-refractivity contribution < 1.29 is 9.90 Å². The summed E-state index contributed by atoms with van der Waals surface area (Å²) in [5, 5.41) is 5.13. The van der Waals surface area contributed by atoms with E-state index < -0.39 is 8.07 Å². The summed E-state index contributed by atoms with van der Waals surface area (Å²) in [4.78, 5) is 1.85. The maximum atomic E-state index is 10.1. The van der Waals surface area contributed by atoms with E-state index in [1.807, 2.05) is 144 Å². The molecule has 10 rings (SSSR count). The number of rotatable bonds is 9. The van der Waals surface area contributed by atoms with E-state index in [-0.39, 0.29) is 29.9 Å². The lowest BCUT2D eigenvalue weighted by Gasteiger charge is -2.35. The van der Waals surface area contributed by atoms with Crippen LogP contribution in [0.2, 0.25) is 0 Å². The lowest BCUT2D eigenvalue weighted by atomic mass is 10.0. The summed E-state index contributed by atoms with van der Waals surface area (Å²) in [5.41, 5.74) is 6.78. The highest BCUT2D eigenvalue weighted by Crippen LogP contribution is 2.44. The standard InChI is InChI=1S/C54H39NOSi/c1-6-18-40(19-7-1)41-32-34-43(35-33-41)55(52-31-17-30-51-50-29-16-28-49(53(50)56-54(51)52)42-20-8-2-9-21-42)44-36-38-48(39-37-44)57(45-22-10-3-11-23-45,46-24-12-4-13-25-46)47-26-14-5-15-27-47/h1-39H/i36D,37D,38D,39D. The number of anilines is 3. The molecule has 57 heavy (non-hydrogen) atoms. The van der Waals surface area contributed by atoms with Gasteiger partial charge in [-0.25, -0.2) is 0 Å². The van der Waals surface area contributed by atoms with E-state index >= 15 is 0 Å². The molecule has 10 aromatic rings. The predicted molar refractivity (Wildman–Crippen MR) is 243 cm³/mol. The summed E-state index contributed by atoms with van der Waals surface area (Å²) >= 11 is 0. The Morgan fingerprint density at radius 1 is 0.351 bits per heavy atom. The van der Waals surface area contributed by atoms with Crippen LogP contribution in [0.5, 0.6) is 0 Å². The quantitative estimate of drug-likeness (QED) is 0.108. The first kappa shape index (κ1) is 30.1. The van der Waals surface area contributed by atoms with Crippen molar-refractivity contribution in [2.45, 2.75) is 0 Å². The van der Waals surface area contributed by atoms with Gasteiger partial charge < -0.3 is 9.32 Å². The molecule has 3 heteroatoms. The molecule has 0 fully saturated rings. The third-order valence-electron chi connectivity index (χ3n) is 10.9. The fraction of sp³-hybridized carbons (Fsp3) is 0. The highest BCUT2D eigenvalue weighted by Gasteiger charge is 2.41. The molecule has 9 aromatic carbocycles. The zero-order valence-corrected chi connectivity index (χ0v) is 32.1. The second kappa shape index (κ2) is 14.8. The second-order valence-electron chi connectivity index (χ2n) is 14.1. The largest absolute Gasteiger partial charge is 0.453 e. The SMILES string of the molecule is [2H]c1c([2H])c([Si](c2ccccc2)(c2ccccc2)c2ccccc2)c([2H])c([2H])c1N(c1ccc(-c2ccccc2)cc1)c1cccc2c1oc1c(-c3ccccc3)cccc12. The number of hydrogen-bond acceptors (Lipinski definition) is 2. The van der Waals surface area contributed by atoms with Gasteiger partial charge in [-0.15, -0.1) is 0 Å². The summed E-state index contributed by atoms with van der Waals surface area (Å²) in [6, 6.07) is 70.3. The molecule has 270 valence electrons. The van der Waals surface area contributed by atoms with Crippen molar-refractivity contribution in [3.8, 4) is 22.3 Å². The molecule has 0 aliphatic heterocycles. The highest BCUT2D eigenvalue weighted by atomic mass is 28.3. The molecule has 1 heterocycles.